The fourth-order valence-electron chi connectivity index (χ4n) is 3.62. The molecule has 1 aliphatic rings. The smallest absolute Gasteiger partial charge is 0.262 e. The lowest BCUT2D eigenvalue weighted by Gasteiger charge is -2.13. The van der Waals surface area contributed by atoms with Crippen molar-refractivity contribution in [3.05, 3.63) is 46.7 Å². The Balaban J connectivity index is 1.45. The molecule has 152 valence electrons. The Hall–Kier alpha value is -2.86. The van der Waals surface area contributed by atoms with Crippen LogP contribution in [0.4, 0.5) is 5.69 Å². The van der Waals surface area contributed by atoms with Gasteiger partial charge in [0.1, 0.15) is 28.6 Å². The van der Waals surface area contributed by atoms with E-state index >= 15 is 0 Å². The Labute approximate surface area is 173 Å². The summed E-state index contributed by atoms with van der Waals surface area (Å²) in [7, 11) is 3.02. The molecule has 0 aliphatic heterocycles. The number of amides is 1. The summed E-state index contributed by atoms with van der Waals surface area (Å²) in [6, 6.07) is 8.86. The highest BCUT2D eigenvalue weighted by molar-refractivity contribution is 6.32. The molecule has 0 unspecified atom stereocenters. The van der Waals surface area contributed by atoms with Crippen molar-refractivity contribution in [3.63, 3.8) is 0 Å². The summed E-state index contributed by atoms with van der Waals surface area (Å²) in [4.78, 5) is 12.4. The van der Waals surface area contributed by atoms with Gasteiger partial charge in [0.2, 0.25) is 0 Å². The summed E-state index contributed by atoms with van der Waals surface area (Å²) in [6.45, 7) is -0.141. The Bertz CT molecular complexity index is 1060. The van der Waals surface area contributed by atoms with Gasteiger partial charge in [-0.25, -0.2) is 0 Å². The van der Waals surface area contributed by atoms with Crippen LogP contribution in [0.15, 0.2) is 34.7 Å². The molecule has 0 spiro atoms. The van der Waals surface area contributed by atoms with E-state index in [0.29, 0.717) is 28.0 Å². The van der Waals surface area contributed by atoms with Crippen molar-refractivity contribution in [1.82, 2.24) is 0 Å². The predicted molar refractivity (Wildman–Crippen MR) is 112 cm³/mol. The first-order valence-corrected chi connectivity index (χ1v) is 9.85. The number of furan rings is 1. The van der Waals surface area contributed by atoms with Crippen LogP contribution in [0.3, 0.4) is 0 Å². The number of fused-ring (bicyclic) bond motifs is 3. The monoisotopic (exact) mass is 415 g/mol. The molecule has 1 N–H and O–H groups in total. The average Bonchev–Trinajstić information content (AvgIpc) is 3.10. The number of rotatable bonds is 6. The second-order valence-corrected chi connectivity index (χ2v) is 7.30. The zero-order valence-electron chi connectivity index (χ0n) is 16.3. The third kappa shape index (κ3) is 3.98. The van der Waals surface area contributed by atoms with Crippen LogP contribution in [0.25, 0.3) is 11.0 Å². The average molecular weight is 416 g/mol. The molecule has 0 radical (unpaired) electrons. The number of hydrogen-bond acceptors (Lipinski definition) is 5. The molecule has 1 heterocycles. The number of methoxy groups -OCH3 is 2. The van der Waals surface area contributed by atoms with E-state index in [2.05, 4.69) is 5.32 Å². The minimum Gasteiger partial charge on any atom is -0.495 e. The Morgan fingerprint density at radius 2 is 1.90 bits per heavy atom. The second kappa shape index (κ2) is 8.25. The van der Waals surface area contributed by atoms with Gasteiger partial charge in [0.05, 0.1) is 24.9 Å². The summed E-state index contributed by atoms with van der Waals surface area (Å²) in [5.41, 5.74) is 2.58. The van der Waals surface area contributed by atoms with Gasteiger partial charge in [0.15, 0.2) is 6.61 Å². The van der Waals surface area contributed by atoms with Gasteiger partial charge >= 0.3 is 0 Å². The van der Waals surface area contributed by atoms with Gasteiger partial charge in [0, 0.05) is 23.4 Å². The van der Waals surface area contributed by atoms with Crippen molar-refractivity contribution in [2.75, 3.05) is 26.1 Å². The standard InChI is InChI=1S/C22H22ClNO5/c1-26-20-11-21(27-2)17(10-16(20)23)24-22(25)12-28-13-7-8-19-15(9-13)14-5-3-4-6-18(14)29-19/h7-11H,3-6,12H2,1-2H3,(H,24,25). The van der Waals surface area contributed by atoms with E-state index in [1.807, 2.05) is 18.2 Å². The van der Waals surface area contributed by atoms with E-state index in [1.165, 1.54) is 26.2 Å². The lowest BCUT2D eigenvalue weighted by molar-refractivity contribution is -0.118. The molecule has 6 nitrogen and oxygen atoms in total. The number of nitrogens with one attached hydrogen (secondary N) is 1. The molecule has 7 heteroatoms. The largest absolute Gasteiger partial charge is 0.495 e. The normalized spacial score (nSPS) is 13.1. The molecule has 1 aliphatic carbocycles. The van der Waals surface area contributed by atoms with Crippen molar-refractivity contribution < 1.29 is 23.4 Å². The topological polar surface area (TPSA) is 69.9 Å². The SMILES string of the molecule is COc1cc(OC)c(NC(=O)COc2ccc3oc4c(c3c2)CCCC4)cc1Cl. The van der Waals surface area contributed by atoms with Crippen LogP contribution in [0, 0.1) is 0 Å². The zero-order chi connectivity index (χ0) is 20.4. The zero-order valence-corrected chi connectivity index (χ0v) is 17.1. The Kier molecular flexibility index (Phi) is 5.53. The highest BCUT2D eigenvalue weighted by atomic mass is 35.5. The molecule has 4 rings (SSSR count). The van der Waals surface area contributed by atoms with E-state index < -0.39 is 0 Å². The molecular weight excluding hydrogens is 394 g/mol. The number of anilines is 1. The summed E-state index contributed by atoms with van der Waals surface area (Å²) >= 11 is 6.15. The number of carbonyl (C=O) groups is 1. The first-order chi connectivity index (χ1) is 14.1. The van der Waals surface area contributed by atoms with Gasteiger partial charge in [0.25, 0.3) is 5.91 Å². The molecule has 0 saturated heterocycles. The maximum atomic E-state index is 12.4. The molecule has 0 fully saturated rings. The summed E-state index contributed by atoms with van der Waals surface area (Å²) in [5.74, 6) is 2.30. The summed E-state index contributed by atoms with van der Waals surface area (Å²) in [5, 5.41) is 4.20. The second-order valence-electron chi connectivity index (χ2n) is 6.89. The Morgan fingerprint density at radius 1 is 1.10 bits per heavy atom. The molecular formula is C22H22ClNO5. The van der Waals surface area contributed by atoms with Crippen LogP contribution in [0.5, 0.6) is 17.2 Å². The van der Waals surface area contributed by atoms with Gasteiger partial charge in [-0.1, -0.05) is 11.6 Å². The number of benzene rings is 2. The fraction of sp³-hybridized carbons (Fsp3) is 0.318. The predicted octanol–water partition coefficient (Wildman–Crippen LogP) is 5.00. The third-order valence-corrected chi connectivity index (χ3v) is 5.34. The van der Waals surface area contributed by atoms with Gasteiger partial charge in [-0.15, -0.1) is 0 Å². The van der Waals surface area contributed by atoms with Crippen LogP contribution in [-0.2, 0) is 17.6 Å². The van der Waals surface area contributed by atoms with Crippen molar-refractivity contribution in [2.45, 2.75) is 25.7 Å². The number of halogens is 1. The maximum absolute atomic E-state index is 12.4. The minimum atomic E-state index is -0.321. The minimum absolute atomic E-state index is 0.141. The molecule has 1 amide bonds. The molecule has 0 atom stereocenters. The van der Waals surface area contributed by atoms with E-state index in [0.717, 1.165) is 36.0 Å². The van der Waals surface area contributed by atoms with Gasteiger partial charge < -0.3 is 23.9 Å². The number of aryl methyl sites for hydroxylation is 2. The Morgan fingerprint density at radius 3 is 2.69 bits per heavy atom. The van der Waals surface area contributed by atoms with Gasteiger partial charge in [-0.05, 0) is 43.5 Å². The van der Waals surface area contributed by atoms with Crippen molar-refractivity contribution in [3.8, 4) is 17.2 Å². The molecule has 2 aromatic carbocycles. The van der Waals surface area contributed by atoms with Crippen LogP contribution in [0.1, 0.15) is 24.2 Å². The lowest BCUT2D eigenvalue weighted by Crippen LogP contribution is -2.20. The van der Waals surface area contributed by atoms with Crippen LogP contribution < -0.4 is 19.5 Å². The molecule has 1 aromatic heterocycles. The summed E-state index contributed by atoms with van der Waals surface area (Å²) in [6.07, 6.45) is 4.33. The summed E-state index contributed by atoms with van der Waals surface area (Å²) < 4.78 is 22.1. The van der Waals surface area contributed by atoms with Crippen LogP contribution in [-0.4, -0.2) is 26.7 Å². The number of carbonyl (C=O) groups excluding carboxylic acids is 1. The molecule has 0 bridgehead atoms. The van der Waals surface area contributed by atoms with Crippen molar-refractivity contribution in [2.24, 2.45) is 0 Å². The van der Waals surface area contributed by atoms with Gasteiger partial charge in [-0.2, -0.15) is 0 Å². The molecule has 3 aromatic rings. The highest BCUT2D eigenvalue weighted by Crippen LogP contribution is 2.36. The number of hydrogen-bond donors (Lipinski definition) is 1. The van der Waals surface area contributed by atoms with Crippen molar-refractivity contribution >= 4 is 34.2 Å². The van der Waals surface area contributed by atoms with E-state index in [-0.39, 0.29) is 12.5 Å². The molecule has 0 saturated carbocycles. The van der Waals surface area contributed by atoms with Crippen LogP contribution >= 0.6 is 11.6 Å². The lowest BCUT2D eigenvalue weighted by atomic mass is 9.96. The fourth-order valence-corrected chi connectivity index (χ4v) is 3.87. The van der Waals surface area contributed by atoms with Gasteiger partial charge in [-0.3, -0.25) is 4.79 Å². The van der Waals surface area contributed by atoms with Crippen molar-refractivity contribution in [1.29, 1.82) is 0 Å². The van der Waals surface area contributed by atoms with Crippen LogP contribution in [0.2, 0.25) is 5.02 Å². The first kappa shape index (κ1) is 19.5. The highest BCUT2D eigenvalue weighted by Gasteiger charge is 2.18. The van der Waals surface area contributed by atoms with E-state index in [4.69, 9.17) is 30.2 Å². The molecule has 29 heavy (non-hydrogen) atoms. The number of ether oxygens (including phenoxy) is 3. The van der Waals surface area contributed by atoms with E-state index in [1.54, 1.807) is 12.1 Å². The third-order valence-electron chi connectivity index (χ3n) is 5.04. The van der Waals surface area contributed by atoms with E-state index in [9.17, 15) is 4.79 Å². The maximum Gasteiger partial charge on any atom is 0.262 e. The first-order valence-electron chi connectivity index (χ1n) is 9.47. The quantitative estimate of drug-likeness (QED) is 0.613.